The van der Waals surface area contributed by atoms with Crippen molar-refractivity contribution >= 4 is 47.9 Å². The highest BCUT2D eigenvalue weighted by atomic mass is 16.6. The van der Waals surface area contributed by atoms with E-state index < -0.39 is 59.5 Å². The topological polar surface area (TPSA) is 227 Å². The zero-order valence-electron chi connectivity index (χ0n) is 39.0. The predicted octanol–water partition coefficient (Wildman–Crippen LogP) is 5.16. The third-order valence-electron chi connectivity index (χ3n) is 9.29. The third kappa shape index (κ3) is 19.2. The molecule has 2 unspecified atom stereocenters. The van der Waals surface area contributed by atoms with Crippen LogP contribution in [0.1, 0.15) is 87.8 Å². The minimum absolute atomic E-state index is 0.0515. The Morgan fingerprint density at radius 2 is 1.36 bits per heavy atom. The fourth-order valence-electron chi connectivity index (χ4n) is 6.51. The maximum atomic E-state index is 13.4. The number of esters is 3. The minimum Gasteiger partial charge on any atom is -0.469 e. The van der Waals surface area contributed by atoms with Gasteiger partial charge >= 0.3 is 36.2 Å². The summed E-state index contributed by atoms with van der Waals surface area (Å²) in [5.41, 5.74) is 2.37. The molecule has 356 valence electrons. The quantitative estimate of drug-likeness (QED) is 0.108. The molecule has 0 spiro atoms. The minimum atomic E-state index is -0.912. The highest BCUT2D eigenvalue weighted by Crippen LogP contribution is 2.22. The molecule has 67 heavy (non-hydrogen) atoms. The van der Waals surface area contributed by atoms with Gasteiger partial charge in [0.05, 0.1) is 33.1 Å². The van der Waals surface area contributed by atoms with Gasteiger partial charge in [-0.05, 0) is 101 Å². The average Bonchev–Trinajstić information content (AvgIpc) is 3.67. The Hall–Kier alpha value is -7.60. The van der Waals surface area contributed by atoms with Crippen LogP contribution in [0.5, 0.6) is 0 Å². The van der Waals surface area contributed by atoms with Crippen molar-refractivity contribution in [1.29, 1.82) is 0 Å². The Balaban J connectivity index is 1.29. The van der Waals surface area contributed by atoms with Gasteiger partial charge in [-0.3, -0.25) is 19.7 Å². The van der Waals surface area contributed by atoms with Crippen LogP contribution in [0.25, 0.3) is 0 Å². The second-order valence-corrected chi connectivity index (χ2v) is 17.2. The van der Waals surface area contributed by atoms with Gasteiger partial charge in [0.15, 0.2) is 13.2 Å². The van der Waals surface area contributed by atoms with Gasteiger partial charge in [-0.2, -0.15) is 0 Å². The molecule has 2 aromatic carbocycles. The van der Waals surface area contributed by atoms with Gasteiger partial charge in [-0.15, -0.1) is 0 Å². The van der Waals surface area contributed by atoms with Crippen LogP contribution in [0.15, 0.2) is 60.8 Å². The number of nitrogens with one attached hydrogen (secondary N) is 3. The molecular formula is C49H57N5O13. The maximum absolute atomic E-state index is 13.4. The zero-order valence-corrected chi connectivity index (χ0v) is 39.0. The number of hydrogen-bond acceptors (Lipinski definition) is 14. The van der Waals surface area contributed by atoms with Crippen molar-refractivity contribution in [3.05, 3.63) is 94.2 Å². The summed E-state index contributed by atoms with van der Waals surface area (Å²) in [7, 11) is 2.49. The fourth-order valence-corrected chi connectivity index (χ4v) is 6.51. The summed E-state index contributed by atoms with van der Waals surface area (Å²) in [6.45, 7) is 10.3. The molecule has 18 heteroatoms. The van der Waals surface area contributed by atoms with Crippen molar-refractivity contribution in [2.75, 3.05) is 39.3 Å². The SMILES string of the molecule is COC(=O)Cc1cc(C#CCOC(=O)Cc2ccnc(NC(=O)OC(C)(C)C)c2)cc(C#CCOC(=O)NC2CC(C(=O)OC)N(C(=O)CCc3cccc(CNC(=O)OC(C)(C)C)c3)C2)c1. The summed E-state index contributed by atoms with van der Waals surface area (Å²) in [5.74, 6) is 9.58. The molecule has 4 rings (SSSR count). The van der Waals surface area contributed by atoms with E-state index in [0.717, 1.165) is 11.1 Å². The van der Waals surface area contributed by atoms with Crippen molar-refractivity contribution < 1.29 is 62.0 Å². The number of ether oxygens (including phenoxy) is 6. The number of methoxy groups -OCH3 is 2. The lowest BCUT2D eigenvalue weighted by molar-refractivity contribution is -0.150. The van der Waals surface area contributed by atoms with Crippen LogP contribution >= 0.6 is 0 Å². The van der Waals surface area contributed by atoms with Gasteiger partial charge in [0.2, 0.25) is 5.91 Å². The molecule has 4 amide bonds. The number of benzene rings is 2. The van der Waals surface area contributed by atoms with Crippen LogP contribution in [-0.2, 0) is 73.4 Å². The Labute approximate surface area is 390 Å². The zero-order chi connectivity index (χ0) is 49.1. The van der Waals surface area contributed by atoms with Crippen molar-refractivity contribution in [2.24, 2.45) is 0 Å². The monoisotopic (exact) mass is 923 g/mol. The summed E-state index contributed by atoms with van der Waals surface area (Å²) in [4.78, 5) is 93.2. The van der Waals surface area contributed by atoms with Crippen LogP contribution < -0.4 is 16.0 Å². The second kappa shape index (κ2) is 24.6. The van der Waals surface area contributed by atoms with Crippen LogP contribution in [0.3, 0.4) is 0 Å². The standard InChI is InChI=1S/C49H57N5O13/c1-48(2,3)66-45(59)51-30-36-13-9-12-32(22-36)16-17-41(55)54-31-38(29-39(54)44(58)63-8)52-46(60)65-21-11-15-34-23-33(24-37(25-34)28-42(56)62-7)14-10-20-64-43(57)27-35-18-19-50-40(26-35)53-47(61)67-49(4,5)6/h9,12-13,18-19,22-26,38-39H,16-17,20-21,27-31H2,1-8H3,(H,51,59)(H,52,60)(H,50,53,61). The van der Waals surface area contributed by atoms with Gasteiger partial charge in [0, 0.05) is 43.3 Å². The summed E-state index contributed by atoms with van der Waals surface area (Å²) >= 11 is 0. The summed E-state index contributed by atoms with van der Waals surface area (Å²) in [6.07, 6.45) is -0.203. The lowest BCUT2D eigenvalue weighted by Crippen LogP contribution is -2.42. The van der Waals surface area contributed by atoms with E-state index >= 15 is 0 Å². The molecule has 2 heterocycles. The summed E-state index contributed by atoms with van der Waals surface area (Å²) < 4.78 is 30.9. The second-order valence-electron chi connectivity index (χ2n) is 17.2. The van der Waals surface area contributed by atoms with E-state index in [4.69, 9.17) is 28.4 Å². The van der Waals surface area contributed by atoms with Crippen molar-refractivity contribution in [3.8, 4) is 23.7 Å². The van der Waals surface area contributed by atoms with E-state index in [9.17, 15) is 33.6 Å². The van der Waals surface area contributed by atoms with Crippen LogP contribution in [-0.4, -0.2) is 109 Å². The predicted molar refractivity (Wildman–Crippen MR) is 243 cm³/mol. The lowest BCUT2D eigenvalue weighted by atomic mass is 10.0. The maximum Gasteiger partial charge on any atom is 0.413 e. The first kappa shape index (κ1) is 52.0. The van der Waals surface area contributed by atoms with E-state index in [2.05, 4.69) is 44.6 Å². The number of carbonyl (C=O) groups excluding carboxylic acids is 7. The summed E-state index contributed by atoms with van der Waals surface area (Å²) in [6, 6.07) is 14.0. The molecule has 1 fully saturated rings. The molecule has 18 nitrogen and oxygen atoms in total. The van der Waals surface area contributed by atoms with E-state index in [1.54, 1.807) is 65.8 Å². The number of rotatable bonds is 14. The molecule has 0 saturated carbocycles. The van der Waals surface area contributed by atoms with E-state index in [-0.39, 0.29) is 63.7 Å². The lowest BCUT2D eigenvalue weighted by Gasteiger charge is -2.22. The molecule has 1 aromatic heterocycles. The average molecular weight is 924 g/mol. The largest absolute Gasteiger partial charge is 0.469 e. The molecular weight excluding hydrogens is 867 g/mol. The Bertz CT molecular complexity index is 2420. The number of likely N-dealkylation sites (tertiary alicyclic amines) is 1. The van der Waals surface area contributed by atoms with Crippen molar-refractivity contribution in [2.45, 2.75) is 103 Å². The number of aryl methyl sites for hydroxylation is 1. The van der Waals surface area contributed by atoms with Gasteiger partial charge in [0.1, 0.15) is 23.1 Å². The number of carbonyl (C=O) groups is 7. The van der Waals surface area contributed by atoms with Gasteiger partial charge < -0.3 is 44.0 Å². The van der Waals surface area contributed by atoms with E-state index in [1.807, 2.05) is 24.3 Å². The normalized spacial score (nSPS) is 14.1. The van der Waals surface area contributed by atoms with Gasteiger partial charge in [-0.25, -0.2) is 24.2 Å². The molecule has 0 radical (unpaired) electrons. The highest BCUT2D eigenvalue weighted by Gasteiger charge is 2.40. The van der Waals surface area contributed by atoms with E-state index in [1.165, 1.54) is 31.4 Å². The molecule has 1 aliphatic heterocycles. The Morgan fingerprint density at radius 3 is 2.01 bits per heavy atom. The number of nitrogens with zero attached hydrogens (tertiary/aromatic N) is 2. The third-order valence-corrected chi connectivity index (χ3v) is 9.29. The van der Waals surface area contributed by atoms with Crippen LogP contribution in [0.2, 0.25) is 0 Å². The van der Waals surface area contributed by atoms with Gasteiger partial charge in [-0.1, -0.05) is 47.9 Å². The van der Waals surface area contributed by atoms with Gasteiger partial charge in [0.25, 0.3) is 0 Å². The molecule has 0 bridgehead atoms. The number of anilines is 1. The van der Waals surface area contributed by atoms with Crippen LogP contribution in [0.4, 0.5) is 20.2 Å². The molecule has 0 aliphatic carbocycles. The molecule has 1 aliphatic rings. The van der Waals surface area contributed by atoms with Crippen molar-refractivity contribution in [3.63, 3.8) is 0 Å². The fraction of sp³-hybridized carbons (Fsp3) is 0.429. The Kier molecular flexibility index (Phi) is 19.1. The van der Waals surface area contributed by atoms with Crippen LogP contribution in [0, 0.1) is 23.7 Å². The number of pyridine rings is 1. The molecule has 1 saturated heterocycles. The summed E-state index contributed by atoms with van der Waals surface area (Å²) in [5, 5.41) is 7.94. The Morgan fingerprint density at radius 1 is 0.716 bits per heavy atom. The smallest absolute Gasteiger partial charge is 0.413 e. The number of alkyl carbamates (subject to hydrolysis) is 2. The van der Waals surface area contributed by atoms with Crippen molar-refractivity contribution in [1.82, 2.24) is 20.5 Å². The number of hydrogen-bond donors (Lipinski definition) is 3. The first-order valence-corrected chi connectivity index (χ1v) is 21.3. The first-order chi connectivity index (χ1) is 31.7. The molecule has 3 N–H and O–H groups in total. The number of aromatic nitrogens is 1. The number of amides is 4. The molecule has 2 atom stereocenters. The van der Waals surface area contributed by atoms with E-state index in [0.29, 0.717) is 28.7 Å². The molecule has 3 aromatic rings. The first-order valence-electron chi connectivity index (χ1n) is 21.3. The highest BCUT2D eigenvalue weighted by molar-refractivity contribution is 5.86.